The highest BCUT2D eigenvalue weighted by atomic mass is 16.1. The molecule has 0 aromatic heterocycles. The Morgan fingerprint density at radius 2 is 1.26 bits per heavy atom. The maximum atomic E-state index is 12.2. The Bertz CT molecular complexity index is 316. The van der Waals surface area contributed by atoms with E-state index < -0.39 is 0 Å². The minimum atomic E-state index is 0.346. The fourth-order valence-corrected chi connectivity index (χ4v) is 3.29. The topological polar surface area (TPSA) is 17.1 Å². The second kappa shape index (κ2) is 15.0. The van der Waals surface area contributed by atoms with Crippen molar-refractivity contribution in [1.29, 1.82) is 0 Å². The van der Waals surface area contributed by atoms with Gasteiger partial charge in [0.25, 0.3) is 0 Å². The molecule has 0 saturated carbocycles. The van der Waals surface area contributed by atoms with Crippen molar-refractivity contribution in [2.45, 2.75) is 112 Å². The van der Waals surface area contributed by atoms with Gasteiger partial charge in [0.05, 0.1) is 0 Å². The molecule has 0 heterocycles. The van der Waals surface area contributed by atoms with Gasteiger partial charge in [-0.05, 0) is 44.1 Å². The van der Waals surface area contributed by atoms with Gasteiger partial charge in [-0.25, -0.2) is 0 Å². The van der Waals surface area contributed by atoms with Crippen LogP contribution in [-0.4, -0.2) is 5.78 Å². The molecule has 0 amide bonds. The molecular formula is C22H42O. The lowest BCUT2D eigenvalue weighted by molar-refractivity contribution is -0.114. The first-order chi connectivity index (χ1) is 11.1. The third-order valence-corrected chi connectivity index (χ3v) is 5.24. The summed E-state index contributed by atoms with van der Waals surface area (Å²) < 4.78 is 0. The van der Waals surface area contributed by atoms with Crippen LogP contribution in [0.2, 0.25) is 0 Å². The molecule has 0 fully saturated rings. The van der Waals surface area contributed by atoms with E-state index in [1.54, 1.807) is 0 Å². The molecule has 0 saturated heterocycles. The molecule has 0 aromatic carbocycles. The Kier molecular flexibility index (Phi) is 14.6. The van der Waals surface area contributed by atoms with Crippen LogP contribution in [0.4, 0.5) is 0 Å². The van der Waals surface area contributed by atoms with Crippen LogP contribution in [0.15, 0.2) is 11.6 Å². The van der Waals surface area contributed by atoms with E-state index in [-0.39, 0.29) is 0 Å². The van der Waals surface area contributed by atoms with Crippen molar-refractivity contribution in [3.8, 4) is 0 Å². The summed E-state index contributed by atoms with van der Waals surface area (Å²) in [4.78, 5) is 12.2. The van der Waals surface area contributed by atoms with E-state index >= 15 is 0 Å². The molecule has 0 spiro atoms. The van der Waals surface area contributed by atoms with E-state index in [1.165, 1.54) is 63.4 Å². The molecule has 2 atom stereocenters. The fraction of sp³-hybridized carbons (Fsp3) is 0.864. The molecule has 0 aliphatic heterocycles. The number of allylic oxidation sites excluding steroid dienone is 2. The molecule has 0 bridgehead atoms. The molecule has 0 N–H and O–H groups in total. The van der Waals surface area contributed by atoms with Crippen molar-refractivity contribution >= 4 is 5.78 Å². The minimum absolute atomic E-state index is 0.346. The lowest BCUT2D eigenvalue weighted by Gasteiger charge is -2.14. The molecule has 0 aliphatic carbocycles. The van der Waals surface area contributed by atoms with Gasteiger partial charge in [-0.2, -0.15) is 0 Å². The van der Waals surface area contributed by atoms with E-state index in [1.807, 2.05) is 6.08 Å². The molecule has 0 aromatic rings. The summed E-state index contributed by atoms with van der Waals surface area (Å²) in [7, 11) is 0. The van der Waals surface area contributed by atoms with Crippen molar-refractivity contribution in [3.63, 3.8) is 0 Å². The number of hydrogen-bond acceptors (Lipinski definition) is 1. The number of unbranched alkanes of at least 4 members (excludes halogenated alkanes) is 2. The summed E-state index contributed by atoms with van der Waals surface area (Å²) in [5, 5.41) is 0. The summed E-state index contributed by atoms with van der Waals surface area (Å²) >= 11 is 0. The van der Waals surface area contributed by atoms with Crippen LogP contribution in [-0.2, 0) is 4.79 Å². The second-order valence-corrected chi connectivity index (χ2v) is 7.37. The third kappa shape index (κ3) is 12.5. The number of ketones is 1. The van der Waals surface area contributed by atoms with Gasteiger partial charge in [0.2, 0.25) is 0 Å². The zero-order valence-corrected chi connectivity index (χ0v) is 16.6. The van der Waals surface area contributed by atoms with Crippen molar-refractivity contribution < 1.29 is 4.79 Å². The Morgan fingerprint density at radius 1 is 0.783 bits per heavy atom. The molecule has 136 valence electrons. The lowest BCUT2D eigenvalue weighted by Crippen LogP contribution is -2.04. The molecule has 0 rings (SSSR count). The normalized spacial score (nSPS) is 14.7. The smallest absolute Gasteiger partial charge is 0.155 e. The van der Waals surface area contributed by atoms with Gasteiger partial charge < -0.3 is 0 Å². The van der Waals surface area contributed by atoms with E-state index in [4.69, 9.17) is 0 Å². The monoisotopic (exact) mass is 322 g/mol. The van der Waals surface area contributed by atoms with Crippen LogP contribution in [0, 0.1) is 11.8 Å². The summed E-state index contributed by atoms with van der Waals surface area (Å²) in [5.41, 5.74) is 1.28. The average molecular weight is 323 g/mol. The number of rotatable bonds is 15. The molecule has 1 heteroatoms. The van der Waals surface area contributed by atoms with Gasteiger partial charge in [-0.1, -0.05) is 84.6 Å². The molecule has 1 nitrogen and oxygen atoms in total. The molecule has 0 aliphatic rings. The second-order valence-electron chi connectivity index (χ2n) is 7.37. The maximum absolute atomic E-state index is 12.2. The van der Waals surface area contributed by atoms with Crippen LogP contribution < -0.4 is 0 Å². The van der Waals surface area contributed by atoms with Crippen LogP contribution in [0.3, 0.4) is 0 Å². The Morgan fingerprint density at radius 3 is 1.70 bits per heavy atom. The first kappa shape index (κ1) is 22.4. The Balaban J connectivity index is 4.10. The summed E-state index contributed by atoms with van der Waals surface area (Å²) in [6.45, 7) is 11.2. The largest absolute Gasteiger partial charge is 0.295 e. The predicted octanol–water partition coefficient (Wildman–Crippen LogP) is 7.50. The van der Waals surface area contributed by atoms with Crippen LogP contribution in [0.25, 0.3) is 0 Å². The highest BCUT2D eigenvalue weighted by Gasteiger charge is 2.09. The predicted molar refractivity (Wildman–Crippen MR) is 104 cm³/mol. The first-order valence-corrected chi connectivity index (χ1v) is 10.3. The maximum Gasteiger partial charge on any atom is 0.155 e. The van der Waals surface area contributed by atoms with E-state index in [2.05, 4.69) is 34.6 Å². The zero-order valence-electron chi connectivity index (χ0n) is 16.6. The lowest BCUT2D eigenvalue weighted by atomic mass is 9.91. The van der Waals surface area contributed by atoms with Gasteiger partial charge >= 0.3 is 0 Å². The Hall–Kier alpha value is -0.590. The highest BCUT2D eigenvalue weighted by Crippen LogP contribution is 2.22. The van der Waals surface area contributed by atoms with Gasteiger partial charge in [-0.3, -0.25) is 4.79 Å². The van der Waals surface area contributed by atoms with Crippen molar-refractivity contribution in [1.82, 2.24) is 0 Å². The summed E-state index contributed by atoms with van der Waals surface area (Å²) in [5.74, 6) is 1.93. The van der Waals surface area contributed by atoms with Gasteiger partial charge in [0, 0.05) is 6.42 Å². The standard InChI is InChI=1S/C22H42O/c1-6-10-12-20(8-3)15-14-19(5)18-22(23)17-16-21(9-4)13-11-7-2/h18,20-21H,6-17H2,1-5H3. The van der Waals surface area contributed by atoms with Crippen molar-refractivity contribution in [2.24, 2.45) is 11.8 Å². The SMILES string of the molecule is CCCCC(CC)CCC(=O)C=C(C)CCC(CC)CCCC. The van der Waals surface area contributed by atoms with Crippen molar-refractivity contribution in [3.05, 3.63) is 11.6 Å². The van der Waals surface area contributed by atoms with Crippen LogP contribution in [0.1, 0.15) is 112 Å². The Labute approximate surface area is 146 Å². The van der Waals surface area contributed by atoms with Gasteiger partial charge in [-0.15, -0.1) is 0 Å². The van der Waals surface area contributed by atoms with Crippen LogP contribution >= 0.6 is 0 Å². The average Bonchev–Trinajstić information content (AvgIpc) is 2.55. The summed E-state index contributed by atoms with van der Waals surface area (Å²) in [6, 6.07) is 0. The van der Waals surface area contributed by atoms with E-state index in [0.717, 1.165) is 31.1 Å². The molecule has 2 unspecified atom stereocenters. The van der Waals surface area contributed by atoms with Crippen molar-refractivity contribution in [2.75, 3.05) is 0 Å². The number of hydrogen-bond donors (Lipinski definition) is 0. The fourth-order valence-electron chi connectivity index (χ4n) is 3.29. The zero-order chi connectivity index (χ0) is 17.5. The van der Waals surface area contributed by atoms with Gasteiger partial charge in [0.1, 0.15) is 0 Å². The van der Waals surface area contributed by atoms with Crippen LogP contribution in [0.5, 0.6) is 0 Å². The number of carbonyl (C=O) groups is 1. The van der Waals surface area contributed by atoms with Gasteiger partial charge in [0.15, 0.2) is 5.78 Å². The molecule has 0 radical (unpaired) electrons. The molecule has 23 heavy (non-hydrogen) atoms. The summed E-state index contributed by atoms with van der Waals surface area (Å²) in [6.07, 6.45) is 16.4. The highest BCUT2D eigenvalue weighted by molar-refractivity contribution is 5.90. The minimum Gasteiger partial charge on any atom is -0.295 e. The third-order valence-electron chi connectivity index (χ3n) is 5.24. The number of carbonyl (C=O) groups excluding carboxylic acids is 1. The first-order valence-electron chi connectivity index (χ1n) is 10.3. The van der Waals surface area contributed by atoms with E-state index in [9.17, 15) is 4.79 Å². The van der Waals surface area contributed by atoms with E-state index in [0.29, 0.717) is 5.78 Å². The quantitative estimate of drug-likeness (QED) is 0.285. The molecular weight excluding hydrogens is 280 g/mol.